The molecular weight excluding hydrogens is 302 g/mol. The number of ether oxygens (including phenoxy) is 1. The molecule has 1 aromatic carbocycles. The van der Waals surface area contributed by atoms with Crippen LogP contribution in [0.4, 0.5) is 16.2 Å². The third kappa shape index (κ3) is 3.83. The van der Waals surface area contributed by atoms with Crippen LogP contribution in [0.25, 0.3) is 4.85 Å². The summed E-state index contributed by atoms with van der Waals surface area (Å²) in [5.74, 6) is 0. The van der Waals surface area contributed by atoms with Crippen molar-refractivity contribution in [2.24, 2.45) is 0 Å². The Hall–Kier alpha value is -1.93. The topological polar surface area (TPSA) is 37.1 Å². The highest BCUT2D eigenvalue weighted by atomic mass is 35.5. The first-order valence-electron chi connectivity index (χ1n) is 7.20. The van der Waals surface area contributed by atoms with Crippen LogP contribution < -0.4 is 4.90 Å². The number of rotatable bonds is 1. The van der Waals surface area contributed by atoms with Crippen LogP contribution in [0.15, 0.2) is 18.2 Å². The molecule has 0 atom stereocenters. The first-order chi connectivity index (χ1) is 10.3. The van der Waals surface area contributed by atoms with Gasteiger partial charge in [0.25, 0.3) is 0 Å². The molecule has 0 aliphatic carbocycles. The molecule has 1 heterocycles. The van der Waals surface area contributed by atoms with Gasteiger partial charge >= 0.3 is 6.09 Å². The number of anilines is 1. The van der Waals surface area contributed by atoms with E-state index in [-0.39, 0.29) is 6.09 Å². The summed E-state index contributed by atoms with van der Waals surface area (Å²) in [7, 11) is 0. The minimum Gasteiger partial charge on any atom is -0.444 e. The van der Waals surface area contributed by atoms with E-state index in [1.807, 2.05) is 32.9 Å². The highest BCUT2D eigenvalue weighted by molar-refractivity contribution is 6.36. The molecule has 0 saturated carbocycles. The van der Waals surface area contributed by atoms with E-state index in [2.05, 4.69) is 9.74 Å². The molecule has 0 unspecified atom stereocenters. The van der Waals surface area contributed by atoms with Crippen molar-refractivity contribution in [2.45, 2.75) is 26.4 Å². The van der Waals surface area contributed by atoms with Crippen molar-refractivity contribution in [2.75, 3.05) is 31.1 Å². The van der Waals surface area contributed by atoms with E-state index in [9.17, 15) is 4.79 Å². The molecular formula is C16H20ClN3O2. The van der Waals surface area contributed by atoms with Gasteiger partial charge in [0.05, 0.1) is 11.6 Å². The van der Waals surface area contributed by atoms with Crippen molar-refractivity contribution in [1.82, 2.24) is 4.90 Å². The Bertz CT molecular complexity index is 596. The smallest absolute Gasteiger partial charge is 0.410 e. The average Bonchev–Trinajstić information content (AvgIpc) is 2.46. The Labute approximate surface area is 136 Å². The van der Waals surface area contributed by atoms with Gasteiger partial charge in [0.15, 0.2) is 0 Å². The number of amides is 1. The van der Waals surface area contributed by atoms with E-state index in [4.69, 9.17) is 22.9 Å². The second-order valence-electron chi connectivity index (χ2n) is 6.18. The summed E-state index contributed by atoms with van der Waals surface area (Å²) < 4.78 is 5.38. The van der Waals surface area contributed by atoms with Crippen LogP contribution in [0.3, 0.4) is 0 Å². The summed E-state index contributed by atoms with van der Waals surface area (Å²) in [5, 5.41) is 0.475. The molecule has 1 amide bonds. The molecule has 1 aliphatic heterocycles. The number of carbonyl (C=O) groups is 1. The molecule has 0 spiro atoms. The van der Waals surface area contributed by atoms with E-state index < -0.39 is 5.60 Å². The average molecular weight is 322 g/mol. The van der Waals surface area contributed by atoms with Crippen molar-refractivity contribution in [3.8, 4) is 0 Å². The monoisotopic (exact) mass is 321 g/mol. The van der Waals surface area contributed by atoms with E-state index >= 15 is 0 Å². The molecule has 1 aromatic rings. The third-order valence-electron chi connectivity index (χ3n) is 3.35. The normalized spacial score (nSPS) is 15.4. The predicted molar refractivity (Wildman–Crippen MR) is 87.7 cm³/mol. The zero-order chi connectivity index (χ0) is 16.3. The van der Waals surface area contributed by atoms with Gasteiger partial charge in [-0.05, 0) is 26.8 Å². The molecule has 118 valence electrons. The lowest BCUT2D eigenvalue weighted by Gasteiger charge is -2.37. The standard InChI is InChI=1S/C16H20ClN3O2/c1-16(2,3)22-15(21)20-10-8-19(9-11-20)13-7-5-6-12(18-4)14(13)17/h5-7H,8-11H2,1-3H3. The van der Waals surface area contributed by atoms with E-state index in [0.717, 1.165) is 5.69 Å². The maximum atomic E-state index is 12.0. The molecule has 5 nitrogen and oxygen atoms in total. The fourth-order valence-corrected chi connectivity index (χ4v) is 2.58. The van der Waals surface area contributed by atoms with Gasteiger partial charge in [-0.2, -0.15) is 0 Å². The lowest BCUT2D eigenvalue weighted by molar-refractivity contribution is 0.0240. The van der Waals surface area contributed by atoms with Gasteiger partial charge in [-0.25, -0.2) is 9.64 Å². The van der Waals surface area contributed by atoms with Crippen LogP contribution in [-0.2, 0) is 4.74 Å². The fraction of sp³-hybridized carbons (Fsp3) is 0.500. The molecule has 1 fully saturated rings. The third-order valence-corrected chi connectivity index (χ3v) is 3.74. The van der Waals surface area contributed by atoms with Gasteiger partial charge in [0.2, 0.25) is 5.69 Å². The van der Waals surface area contributed by atoms with Crippen LogP contribution >= 0.6 is 11.6 Å². The molecule has 22 heavy (non-hydrogen) atoms. The summed E-state index contributed by atoms with van der Waals surface area (Å²) in [6.45, 7) is 15.2. The summed E-state index contributed by atoms with van der Waals surface area (Å²) in [6, 6.07) is 5.44. The highest BCUT2D eigenvalue weighted by Crippen LogP contribution is 2.35. The molecule has 1 saturated heterocycles. The number of carbonyl (C=O) groups excluding carboxylic acids is 1. The van der Waals surface area contributed by atoms with Crippen LogP contribution in [0, 0.1) is 6.57 Å². The Kier molecular flexibility index (Phi) is 4.82. The second kappa shape index (κ2) is 6.45. The van der Waals surface area contributed by atoms with Gasteiger partial charge < -0.3 is 14.5 Å². The molecule has 6 heteroatoms. The van der Waals surface area contributed by atoms with Crippen molar-refractivity contribution in [3.05, 3.63) is 34.6 Å². The number of halogens is 1. The predicted octanol–water partition coefficient (Wildman–Crippen LogP) is 3.95. The molecule has 0 radical (unpaired) electrons. The molecule has 0 N–H and O–H groups in total. The first-order valence-corrected chi connectivity index (χ1v) is 7.58. The Morgan fingerprint density at radius 1 is 1.27 bits per heavy atom. The van der Waals surface area contributed by atoms with Crippen LogP contribution in [0.5, 0.6) is 0 Å². The maximum Gasteiger partial charge on any atom is 0.410 e. The second-order valence-corrected chi connectivity index (χ2v) is 6.55. The first kappa shape index (κ1) is 16.4. The summed E-state index contributed by atoms with van der Waals surface area (Å²) >= 11 is 6.27. The largest absolute Gasteiger partial charge is 0.444 e. The van der Waals surface area contributed by atoms with Crippen LogP contribution in [-0.4, -0.2) is 42.8 Å². The highest BCUT2D eigenvalue weighted by Gasteiger charge is 2.26. The molecule has 2 rings (SSSR count). The Balaban J connectivity index is 2.01. The van der Waals surface area contributed by atoms with Gasteiger partial charge in [0, 0.05) is 31.9 Å². The van der Waals surface area contributed by atoms with Gasteiger partial charge in [-0.3, -0.25) is 0 Å². The van der Waals surface area contributed by atoms with Gasteiger partial charge in [-0.15, -0.1) is 0 Å². The zero-order valence-corrected chi connectivity index (χ0v) is 13.9. The van der Waals surface area contributed by atoms with Crippen LogP contribution in [0.2, 0.25) is 5.02 Å². The fourth-order valence-electron chi connectivity index (χ4n) is 2.29. The number of hydrogen-bond donors (Lipinski definition) is 0. The lowest BCUT2D eigenvalue weighted by atomic mass is 10.2. The van der Waals surface area contributed by atoms with Crippen molar-refractivity contribution < 1.29 is 9.53 Å². The van der Waals surface area contributed by atoms with E-state index in [1.54, 1.807) is 11.0 Å². The maximum absolute atomic E-state index is 12.0. The Morgan fingerprint density at radius 3 is 2.45 bits per heavy atom. The molecule has 0 aromatic heterocycles. The minimum absolute atomic E-state index is 0.284. The van der Waals surface area contributed by atoms with Crippen molar-refractivity contribution in [3.63, 3.8) is 0 Å². The number of hydrogen-bond acceptors (Lipinski definition) is 3. The van der Waals surface area contributed by atoms with Crippen LogP contribution in [0.1, 0.15) is 20.8 Å². The lowest BCUT2D eigenvalue weighted by Crippen LogP contribution is -2.50. The van der Waals surface area contributed by atoms with Gasteiger partial charge in [-0.1, -0.05) is 23.7 Å². The SMILES string of the molecule is [C-]#[N+]c1cccc(N2CCN(C(=O)OC(C)(C)C)CC2)c1Cl. The summed E-state index contributed by atoms with van der Waals surface area (Å²) in [6.07, 6.45) is -0.284. The van der Waals surface area contributed by atoms with E-state index in [1.165, 1.54) is 0 Å². The molecule has 0 bridgehead atoms. The summed E-state index contributed by atoms with van der Waals surface area (Å²) in [4.78, 5) is 19.3. The quantitative estimate of drug-likeness (QED) is 0.735. The number of nitrogens with zero attached hydrogens (tertiary/aromatic N) is 3. The van der Waals surface area contributed by atoms with E-state index in [0.29, 0.717) is 36.9 Å². The van der Waals surface area contributed by atoms with Crippen molar-refractivity contribution in [1.29, 1.82) is 0 Å². The number of benzene rings is 1. The molecule has 1 aliphatic rings. The zero-order valence-electron chi connectivity index (χ0n) is 13.1. The Morgan fingerprint density at radius 2 is 1.91 bits per heavy atom. The number of piperazine rings is 1. The minimum atomic E-state index is -0.485. The van der Waals surface area contributed by atoms with Crippen molar-refractivity contribution >= 4 is 29.1 Å². The van der Waals surface area contributed by atoms with Gasteiger partial charge in [0.1, 0.15) is 5.60 Å². The summed E-state index contributed by atoms with van der Waals surface area (Å²) in [5.41, 5.74) is 0.814.